The lowest BCUT2D eigenvalue weighted by Crippen LogP contribution is -2.31. The summed E-state index contributed by atoms with van der Waals surface area (Å²) < 4.78 is 0. The van der Waals surface area contributed by atoms with Gasteiger partial charge >= 0.3 is 5.97 Å². The minimum atomic E-state index is -1.10. The Kier molecular flexibility index (Phi) is 2.88. The van der Waals surface area contributed by atoms with E-state index in [1.54, 1.807) is 31.2 Å². The lowest BCUT2D eigenvalue weighted by molar-refractivity contribution is -0.143. The van der Waals surface area contributed by atoms with Gasteiger partial charge in [0.25, 0.3) is 0 Å². The minimum Gasteiger partial charge on any atom is -0.481 e. The molecule has 1 aromatic rings. The van der Waals surface area contributed by atoms with Crippen molar-refractivity contribution in [2.75, 3.05) is 0 Å². The maximum absolute atomic E-state index is 11.1. The largest absolute Gasteiger partial charge is 0.481 e. The van der Waals surface area contributed by atoms with Gasteiger partial charge in [-0.15, -0.1) is 0 Å². The molecule has 0 spiro atoms. The van der Waals surface area contributed by atoms with Crippen LogP contribution in [-0.2, 0) is 10.2 Å². The molecule has 0 amide bonds. The predicted octanol–water partition coefficient (Wildman–Crippen LogP) is 1.94. The van der Waals surface area contributed by atoms with E-state index in [2.05, 4.69) is 0 Å². The van der Waals surface area contributed by atoms with Crippen molar-refractivity contribution in [3.05, 3.63) is 35.9 Å². The third-order valence-electron chi connectivity index (χ3n) is 2.32. The Bertz CT molecular complexity index is 367. The molecule has 0 radical (unpaired) electrons. The number of aliphatic carboxylic acids is 1. The number of rotatable bonds is 3. The van der Waals surface area contributed by atoms with Gasteiger partial charge in [-0.3, -0.25) is 4.79 Å². The zero-order valence-corrected chi connectivity index (χ0v) is 7.90. The second-order valence-corrected chi connectivity index (χ2v) is 3.34. The van der Waals surface area contributed by atoms with Crippen LogP contribution in [0.15, 0.2) is 30.3 Å². The minimum absolute atomic E-state index is 0.0215. The fourth-order valence-corrected chi connectivity index (χ4v) is 1.27. The first-order chi connectivity index (χ1) is 6.61. The van der Waals surface area contributed by atoms with Crippen LogP contribution in [0.2, 0.25) is 0 Å². The molecule has 0 aliphatic heterocycles. The number of carbonyl (C=O) groups is 1. The molecule has 1 N–H and O–H groups in total. The number of nitriles is 1. The van der Waals surface area contributed by atoms with E-state index >= 15 is 0 Å². The van der Waals surface area contributed by atoms with Crippen molar-refractivity contribution >= 4 is 5.97 Å². The van der Waals surface area contributed by atoms with E-state index in [0.717, 1.165) is 0 Å². The normalized spacial score (nSPS) is 14.0. The van der Waals surface area contributed by atoms with Crippen molar-refractivity contribution in [2.45, 2.75) is 18.8 Å². The van der Waals surface area contributed by atoms with E-state index in [1.165, 1.54) is 0 Å². The van der Waals surface area contributed by atoms with Crippen molar-refractivity contribution in [2.24, 2.45) is 0 Å². The summed E-state index contributed by atoms with van der Waals surface area (Å²) in [6.45, 7) is 1.56. The second-order valence-electron chi connectivity index (χ2n) is 3.34. The van der Waals surface area contributed by atoms with E-state index in [9.17, 15) is 4.79 Å². The van der Waals surface area contributed by atoms with Gasteiger partial charge in [-0.05, 0) is 12.5 Å². The van der Waals surface area contributed by atoms with Crippen LogP contribution >= 0.6 is 0 Å². The lowest BCUT2D eigenvalue weighted by atomic mass is 9.80. The summed E-state index contributed by atoms with van der Waals surface area (Å²) in [6, 6.07) is 10.7. The molecule has 1 unspecified atom stereocenters. The van der Waals surface area contributed by atoms with Crippen molar-refractivity contribution < 1.29 is 9.90 Å². The van der Waals surface area contributed by atoms with E-state index in [0.29, 0.717) is 5.56 Å². The molecule has 0 bridgehead atoms. The summed E-state index contributed by atoms with van der Waals surface area (Å²) >= 11 is 0. The van der Waals surface area contributed by atoms with Crippen molar-refractivity contribution in [3.8, 4) is 6.07 Å². The lowest BCUT2D eigenvalue weighted by Gasteiger charge is -2.21. The number of nitrogens with zero attached hydrogens (tertiary/aromatic N) is 1. The van der Waals surface area contributed by atoms with Gasteiger partial charge in [0.1, 0.15) is 5.41 Å². The molecule has 1 atom stereocenters. The van der Waals surface area contributed by atoms with E-state index in [1.807, 2.05) is 12.1 Å². The molecular formula is C11H11NO2. The highest BCUT2D eigenvalue weighted by Crippen LogP contribution is 2.27. The number of hydrogen-bond donors (Lipinski definition) is 1. The van der Waals surface area contributed by atoms with Gasteiger partial charge < -0.3 is 5.11 Å². The third-order valence-corrected chi connectivity index (χ3v) is 2.32. The molecule has 0 aliphatic rings. The average Bonchev–Trinajstić information content (AvgIpc) is 2.19. The highest BCUT2D eigenvalue weighted by molar-refractivity contribution is 5.81. The van der Waals surface area contributed by atoms with Crippen molar-refractivity contribution in [3.63, 3.8) is 0 Å². The summed E-state index contributed by atoms with van der Waals surface area (Å²) in [4.78, 5) is 11.1. The first-order valence-corrected chi connectivity index (χ1v) is 4.27. The van der Waals surface area contributed by atoms with Gasteiger partial charge in [0, 0.05) is 0 Å². The summed E-state index contributed by atoms with van der Waals surface area (Å²) in [7, 11) is 0. The summed E-state index contributed by atoms with van der Waals surface area (Å²) in [5.74, 6) is -0.967. The summed E-state index contributed by atoms with van der Waals surface area (Å²) in [6.07, 6.45) is -0.0215. The number of carboxylic acids is 1. The first kappa shape index (κ1) is 10.3. The topological polar surface area (TPSA) is 61.1 Å². The molecule has 1 aromatic carbocycles. The molecular weight excluding hydrogens is 178 g/mol. The summed E-state index contributed by atoms with van der Waals surface area (Å²) in [5, 5.41) is 17.7. The predicted molar refractivity (Wildman–Crippen MR) is 51.7 cm³/mol. The molecule has 3 nitrogen and oxygen atoms in total. The quantitative estimate of drug-likeness (QED) is 0.790. The highest BCUT2D eigenvalue weighted by atomic mass is 16.4. The van der Waals surface area contributed by atoms with Crippen LogP contribution < -0.4 is 0 Å². The molecule has 1 rings (SSSR count). The molecule has 0 saturated heterocycles. The van der Waals surface area contributed by atoms with Crippen LogP contribution in [0, 0.1) is 11.3 Å². The SMILES string of the molecule is CC(CC#N)(C(=O)O)c1ccccc1. The first-order valence-electron chi connectivity index (χ1n) is 4.27. The Morgan fingerprint density at radius 2 is 2.07 bits per heavy atom. The molecule has 72 valence electrons. The average molecular weight is 189 g/mol. The Labute approximate surface area is 82.6 Å². The molecule has 0 saturated carbocycles. The third kappa shape index (κ3) is 1.74. The zero-order valence-electron chi connectivity index (χ0n) is 7.90. The molecule has 0 aromatic heterocycles. The van der Waals surface area contributed by atoms with E-state index in [-0.39, 0.29) is 6.42 Å². The van der Waals surface area contributed by atoms with Gasteiger partial charge in [0.15, 0.2) is 0 Å². The molecule has 14 heavy (non-hydrogen) atoms. The Hall–Kier alpha value is -1.82. The maximum atomic E-state index is 11.1. The van der Waals surface area contributed by atoms with Gasteiger partial charge in [0.05, 0.1) is 12.5 Å². The number of hydrogen-bond acceptors (Lipinski definition) is 2. The number of carboxylic acid groups (broad SMARTS) is 1. The van der Waals surface area contributed by atoms with Gasteiger partial charge in [-0.2, -0.15) is 5.26 Å². The van der Waals surface area contributed by atoms with Crippen LogP contribution in [0.3, 0.4) is 0 Å². The van der Waals surface area contributed by atoms with E-state index in [4.69, 9.17) is 10.4 Å². The Balaban J connectivity index is 3.14. The smallest absolute Gasteiger partial charge is 0.314 e. The zero-order chi connectivity index (χ0) is 10.6. The van der Waals surface area contributed by atoms with Crippen LogP contribution in [-0.4, -0.2) is 11.1 Å². The molecule has 0 fully saturated rings. The van der Waals surface area contributed by atoms with Crippen LogP contribution in [0.25, 0.3) is 0 Å². The maximum Gasteiger partial charge on any atom is 0.314 e. The second kappa shape index (κ2) is 3.93. The molecule has 3 heteroatoms. The number of benzene rings is 1. The summed E-state index contributed by atoms with van der Waals surface area (Å²) in [5.41, 5.74) is -0.440. The van der Waals surface area contributed by atoms with Gasteiger partial charge in [0.2, 0.25) is 0 Å². The fourth-order valence-electron chi connectivity index (χ4n) is 1.27. The molecule has 0 aliphatic carbocycles. The van der Waals surface area contributed by atoms with Gasteiger partial charge in [-0.25, -0.2) is 0 Å². The van der Waals surface area contributed by atoms with Gasteiger partial charge in [-0.1, -0.05) is 30.3 Å². The van der Waals surface area contributed by atoms with E-state index < -0.39 is 11.4 Å². The van der Waals surface area contributed by atoms with Crippen LogP contribution in [0.1, 0.15) is 18.9 Å². The van der Waals surface area contributed by atoms with Crippen molar-refractivity contribution in [1.82, 2.24) is 0 Å². The Morgan fingerprint density at radius 1 is 1.50 bits per heavy atom. The van der Waals surface area contributed by atoms with Crippen molar-refractivity contribution in [1.29, 1.82) is 5.26 Å². The monoisotopic (exact) mass is 189 g/mol. The fraction of sp³-hybridized carbons (Fsp3) is 0.273. The Morgan fingerprint density at radius 3 is 2.50 bits per heavy atom. The molecule has 0 heterocycles. The standard InChI is InChI=1S/C11H11NO2/c1-11(7-8-12,10(13)14)9-5-3-2-4-6-9/h2-6H,7H2,1H3,(H,13,14). The van der Waals surface area contributed by atoms with Crippen LogP contribution in [0.4, 0.5) is 0 Å². The highest BCUT2D eigenvalue weighted by Gasteiger charge is 2.34. The van der Waals surface area contributed by atoms with Crippen LogP contribution in [0.5, 0.6) is 0 Å².